The van der Waals surface area contributed by atoms with Crippen molar-refractivity contribution in [1.29, 1.82) is 0 Å². The Morgan fingerprint density at radius 2 is 2.20 bits per heavy atom. The highest BCUT2D eigenvalue weighted by atomic mass is 15.2. The van der Waals surface area contributed by atoms with Gasteiger partial charge < -0.3 is 10.6 Å². The number of nitrogens with two attached hydrogens (primary N) is 1. The van der Waals surface area contributed by atoms with Crippen molar-refractivity contribution >= 4 is 16.6 Å². The fourth-order valence-electron chi connectivity index (χ4n) is 3.37. The Morgan fingerprint density at radius 1 is 1.35 bits per heavy atom. The molecule has 1 aromatic carbocycles. The molecule has 3 heteroatoms. The normalized spacial score (nSPS) is 18.9. The molecule has 0 saturated carbocycles. The van der Waals surface area contributed by atoms with Crippen LogP contribution < -0.4 is 10.6 Å². The molecule has 1 atom stereocenters. The van der Waals surface area contributed by atoms with Crippen molar-refractivity contribution in [3.8, 4) is 0 Å². The summed E-state index contributed by atoms with van der Waals surface area (Å²) in [5.41, 5.74) is 9.49. The average Bonchev–Trinajstić information content (AvgIpc) is 2.94. The molecular formula is C17H23N3. The summed E-state index contributed by atoms with van der Waals surface area (Å²) in [6.45, 7) is 5.14. The number of para-hydroxylation sites is 1. The van der Waals surface area contributed by atoms with Crippen LogP contribution in [0.4, 0.5) is 5.69 Å². The molecule has 0 bridgehead atoms. The first-order valence-electron chi connectivity index (χ1n) is 7.65. The molecule has 0 amide bonds. The Labute approximate surface area is 120 Å². The van der Waals surface area contributed by atoms with Crippen LogP contribution >= 0.6 is 0 Å². The first-order chi connectivity index (χ1) is 9.83. The van der Waals surface area contributed by atoms with E-state index in [1.165, 1.54) is 35.9 Å². The minimum Gasteiger partial charge on any atom is -0.370 e. The number of anilines is 1. The van der Waals surface area contributed by atoms with E-state index in [1.807, 2.05) is 12.3 Å². The van der Waals surface area contributed by atoms with Gasteiger partial charge in [0.2, 0.25) is 0 Å². The fraction of sp³-hybridized carbons (Fsp3) is 0.471. The van der Waals surface area contributed by atoms with Gasteiger partial charge in [0.1, 0.15) is 0 Å². The third kappa shape index (κ3) is 2.38. The van der Waals surface area contributed by atoms with E-state index in [1.54, 1.807) is 0 Å². The van der Waals surface area contributed by atoms with E-state index >= 15 is 0 Å². The molecule has 1 aliphatic heterocycles. The molecule has 2 heterocycles. The lowest BCUT2D eigenvalue weighted by molar-refractivity contribution is 0.530. The molecule has 3 nitrogen and oxygen atoms in total. The van der Waals surface area contributed by atoms with Gasteiger partial charge in [-0.3, -0.25) is 4.98 Å². The first-order valence-corrected chi connectivity index (χ1v) is 7.65. The number of hydrogen-bond acceptors (Lipinski definition) is 3. The Morgan fingerprint density at radius 3 is 3.00 bits per heavy atom. The molecule has 3 rings (SSSR count). The van der Waals surface area contributed by atoms with Crippen molar-refractivity contribution in [2.24, 2.45) is 11.7 Å². The van der Waals surface area contributed by atoms with Gasteiger partial charge >= 0.3 is 0 Å². The van der Waals surface area contributed by atoms with Gasteiger partial charge in [-0.2, -0.15) is 0 Å². The summed E-state index contributed by atoms with van der Waals surface area (Å²) in [5.74, 6) is 0.831. The van der Waals surface area contributed by atoms with E-state index in [2.05, 4.69) is 35.0 Å². The first kappa shape index (κ1) is 13.4. The molecule has 2 aromatic rings. The van der Waals surface area contributed by atoms with Crippen LogP contribution in [0, 0.1) is 5.92 Å². The molecule has 1 aliphatic rings. The molecule has 0 aliphatic carbocycles. The van der Waals surface area contributed by atoms with E-state index in [9.17, 15) is 0 Å². The molecule has 1 unspecified atom stereocenters. The second-order valence-corrected chi connectivity index (χ2v) is 5.74. The van der Waals surface area contributed by atoms with Gasteiger partial charge in [0.15, 0.2) is 0 Å². The van der Waals surface area contributed by atoms with Crippen LogP contribution in [0.25, 0.3) is 10.9 Å². The quantitative estimate of drug-likeness (QED) is 0.926. The maximum absolute atomic E-state index is 5.94. The number of pyridine rings is 1. The van der Waals surface area contributed by atoms with Gasteiger partial charge in [-0.15, -0.1) is 0 Å². The molecule has 106 valence electrons. The third-order valence-corrected chi connectivity index (χ3v) is 4.34. The average molecular weight is 269 g/mol. The van der Waals surface area contributed by atoms with Crippen LogP contribution in [0.1, 0.15) is 31.7 Å². The van der Waals surface area contributed by atoms with Gasteiger partial charge in [-0.1, -0.05) is 31.5 Å². The maximum Gasteiger partial charge on any atom is 0.0723 e. The minimum absolute atomic E-state index is 0.558. The standard InChI is InChI=1S/C17H23N3/c1-2-5-13-8-9-20(12-13)17-14(10-18)11-19-16-7-4-3-6-15(16)17/h3-4,6-7,11,13H,2,5,8-10,12,18H2,1H3. The summed E-state index contributed by atoms with van der Waals surface area (Å²) < 4.78 is 0. The van der Waals surface area contributed by atoms with Crippen LogP contribution in [-0.2, 0) is 6.54 Å². The van der Waals surface area contributed by atoms with Crippen molar-refractivity contribution in [3.63, 3.8) is 0 Å². The number of benzene rings is 1. The van der Waals surface area contributed by atoms with Gasteiger partial charge in [0.25, 0.3) is 0 Å². The molecule has 20 heavy (non-hydrogen) atoms. The van der Waals surface area contributed by atoms with E-state index in [0.29, 0.717) is 6.54 Å². The predicted octanol–water partition coefficient (Wildman–Crippen LogP) is 3.32. The summed E-state index contributed by atoms with van der Waals surface area (Å²) in [6, 6.07) is 8.39. The highest BCUT2D eigenvalue weighted by Gasteiger charge is 2.24. The van der Waals surface area contributed by atoms with Gasteiger partial charge in [0, 0.05) is 36.8 Å². The van der Waals surface area contributed by atoms with Crippen LogP contribution in [0.5, 0.6) is 0 Å². The molecule has 0 radical (unpaired) electrons. The molecular weight excluding hydrogens is 246 g/mol. The zero-order chi connectivity index (χ0) is 13.9. The second kappa shape index (κ2) is 5.80. The van der Waals surface area contributed by atoms with Crippen molar-refractivity contribution < 1.29 is 0 Å². The SMILES string of the molecule is CCCC1CCN(c2c(CN)cnc3ccccc23)C1. The van der Waals surface area contributed by atoms with Crippen molar-refractivity contribution in [2.45, 2.75) is 32.7 Å². The van der Waals surface area contributed by atoms with Crippen LogP contribution in [0.15, 0.2) is 30.5 Å². The van der Waals surface area contributed by atoms with Gasteiger partial charge in [-0.25, -0.2) is 0 Å². The lowest BCUT2D eigenvalue weighted by Gasteiger charge is -2.23. The number of rotatable bonds is 4. The summed E-state index contributed by atoms with van der Waals surface area (Å²) >= 11 is 0. The smallest absolute Gasteiger partial charge is 0.0723 e. The number of nitrogens with zero attached hydrogens (tertiary/aromatic N) is 2. The largest absolute Gasteiger partial charge is 0.370 e. The Bertz CT molecular complexity index is 594. The van der Waals surface area contributed by atoms with E-state index in [0.717, 1.165) is 24.5 Å². The van der Waals surface area contributed by atoms with E-state index in [4.69, 9.17) is 5.73 Å². The van der Waals surface area contributed by atoms with Crippen molar-refractivity contribution in [3.05, 3.63) is 36.0 Å². The molecule has 1 fully saturated rings. The Hall–Kier alpha value is -1.61. The lowest BCUT2D eigenvalue weighted by Crippen LogP contribution is -2.22. The monoisotopic (exact) mass is 269 g/mol. The molecule has 2 N–H and O–H groups in total. The highest BCUT2D eigenvalue weighted by molar-refractivity contribution is 5.93. The zero-order valence-electron chi connectivity index (χ0n) is 12.2. The lowest BCUT2D eigenvalue weighted by atomic mass is 10.0. The fourth-order valence-corrected chi connectivity index (χ4v) is 3.37. The second-order valence-electron chi connectivity index (χ2n) is 5.74. The summed E-state index contributed by atoms with van der Waals surface area (Å²) in [4.78, 5) is 7.05. The van der Waals surface area contributed by atoms with E-state index in [-0.39, 0.29) is 0 Å². The Balaban J connectivity index is 2.01. The molecule has 1 saturated heterocycles. The van der Waals surface area contributed by atoms with Crippen molar-refractivity contribution in [2.75, 3.05) is 18.0 Å². The third-order valence-electron chi connectivity index (χ3n) is 4.34. The zero-order valence-corrected chi connectivity index (χ0v) is 12.2. The predicted molar refractivity (Wildman–Crippen MR) is 84.9 cm³/mol. The maximum atomic E-state index is 5.94. The molecule has 0 spiro atoms. The van der Waals surface area contributed by atoms with Crippen LogP contribution in [-0.4, -0.2) is 18.1 Å². The Kier molecular flexibility index (Phi) is 3.88. The van der Waals surface area contributed by atoms with Crippen LogP contribution in [0.2, 0.25) is 0 Å². The summed E-state index contributed by atoms with van der Waals surface area (Å²) in [5, 5.41) is 1.24. The number of aromatic nitrogens is 1. The van der Waals surface area contributed by atoms with Gasteiger partial charge in [-0.05, 0) is 24.8 Å². The highest BCUT2D eigenvalue weighted by Crippen LogP contribution is 2.34. The summed E-state index contributed by atoms with van der Waals surface area (Å²) in [6.07, 6.45) is 5.86. The molecule has 1 aromatic heterocycles. The van der Waals surface area contributed by atoms with Gasteiger partial charge in [0.05, 0.1) is 11.2 Å². The topological polar surface area (TPSA) is 42.1 Å². The van der Waals surface area contributed by atoms with Crippen molar-refractivity contribution in [1.82, 2.24) is 4.98 Å². The van der Waals surface area contributed by atoms with Crippen LogP contribution in [0.3, 0.4) is 0 Å². The number of hydrogen-bond donors (Lipinski definition) is 1. The van der Waals surface area contributed by atoms with E-state index < -0.39 is 0 Å². The summed E-state index contributed by atoms with van der Waals surface area (Å²) in [7, 11) is 0. The number of fused-ring (bicyclic) bond motifs is 1. The minimum atomic E-state index is 0.558.